The number of halogens is 2. The fourth-order valence-electron chi connectivity index (χ4n) is 1.73. The highest BCUT2D eigenvalue weighted by Crippen LogP contribution is 2.20. The van der Waals surface area contributed by atoms with Gasteiger partial charge >= 0.3 is 0 Å². The number of hydrogen-bond acceptors (Lipinski definition) is 4. The smallest absolute Gasteiger partial charge is 0.146 e. The van der Waals surface area contributed by atoms with Gasteiger partial charge in [0, 0.05) is 28.6 Å². The molecule has 0 amide bonds. The number of nitrogens with zero attached hydrogens (tertiary/aromatic N) is 2. The lowest BCUT2D eigenvalue weighted by atomic mass is 10.0. The third-order valence-corrected chi connectivity index (χ3v) is 3.02. The molecule has 0 aliphatic carbocycles. The van der Waals surface area contributed by atoms with Gasteiger partial charge in [-0.05, 0) is 40.0 Å². The molecule has 0 fully saturated rings. The van der Waals surface area contributed by atoms with Gasteiger partial charge < -0.3 is 0 Å². The van der Waals surface area contributed by atoms with E-state index < -0.39 is 0 Å². The molecule has 18 heavy (non-hydrogen) atoms. The molecule has 6 heteroatoms. The van der Waals surface area contributed by atoms with Crippen molar-refractivity contribution in [2.24, 2.45) is 5.84 Å². The maximum Gasteiger partial charge on any atom is 0.146 e. The molecule has 2 rings (SSSR count). The van der Waals surface area contributed by atoms with E-state index in [-0.39, 0.29) is 11.9 Å². The topological polar surface area (TPSA) is 63.8 Å². The van der Waals surface area contributed by atoms with Crippen molar-refractivity contribution >= 4 is 15.9 Å². The van der Waals surface area contributed by atoms with E-state index in [0.717, 1.165) is 10.0 Å². The van der Waals surface area contributed by atoms with E-state index in [1.807, 2.05) is 6.07 Å². The molecule has 3 N–H and O–H groups in total. The third-order valence-electron chi connectivity index (χ3n) is 2.58. The Kier molecular flexibility index (Phi) is 4.35. The van der Waals surface area contributed by atoms with Gasteiger partial charge in [-0.2, -0.15) is 0 Å². The van der Waals surface area contributed by atoms with Gasteiger partial charge in [-0.1, -0.05) is 0 Å². The van der Waals surface area contributed by atoms with Crippen LogP contribution >= 0.6 is 15.9 Å². The minimum absolute atomic E-state index is 0.316. The Hall–Kier alpha value is -1.37. The molecule has 2 aromatic rings. The Bertz CT molecular complexity index is 535. The van der Waals surface area contributed by atoms with Crippen LogP contribution in [0, 0.1) is 5.82 Å². The molecule has 0 bridgehead atoms. The summed E-state index contributed by atoms with van der Waals surface area (Å²) in [4.78, 5) is 7.79. The predicted octanol–water partition coefficient (Wildman–Crippen LogP) is 2.13. The van der Waals surface area contributed by atoms with Crippen molar-refractivity contribution < 1.29 is 4.39 Å². The van der Waals surface area contributed by atoms with Gasteiger partial charge in [0.15, 0.2) is 0 Å². The molecule has 0 radical (unpaired) electrons. The number of pyridine rings is 2. The fraction of sp³-hybridized carbons (Fsp3) is 0.167. The number of nitrogens with one attached hydrogen (secondary N) is 1. The van der Waals surface area contributed by atoms with Crippen molar-refractivity contribution in [3.63, 3.8) is 0 Å². The first-order chi connectivity index (χ1) is 8.70. The van der Waals surface area contributed by atoms with Gasteiger partial charge in [0.25, 0.3) is 0 Å². The molecule has 0 spiro atoms. The molecule has 2 heterocycles. The average molecular weight is 311 g/mol. The Morgan fingerprint density at radius 2 is 2.17 bits per heavy atom. The van der Waals surface area contributed by atoms with Gasteiger partial charge in [0.1, 0.15) is 5.82 Å². The molecule has 1 atom stereocenters. The summed E-state index contributed by atoms with van der Waals surface area (Å²) in [7, 11) is 0. The van der Waals surface area contributed by atoms with Crippen LogP contribution in [0.2, 0.25) is 0 Å². The number of aromatic nitrogens is 2. The molecule has 1 unspecified atom stereocenters. The van der Waals surface area contributed by atoms with Crippen LogP contribution in [-0.2, 0) is 6.42 Å². The Balaban J connectivity index is 2.23. The second kappa shape index (κ2) is 5.99. The number of nitrogens with two attached hydrogens (primary N) is 1. The Labute approximate surface area is 113 Å². The maximum absolute atomic E-state index is 13.6. The predicted molar refractivity (Wildman–Crippen MR) is 69.9 cm³/mol. The van der Waals surface area contributed by atoms with Crippen LogP contribution in [0.15, 0.2) is 41.4 Å². The van der Waals surface area contributed by atoms with Gasteiger partial charge in [-0.25, -0.2) is 4.39 Å². The number of rotatable bonds is 4. The maximum atomic E-state index is 13.6. The standard InChI is InChI=1S/C12H12BrFN4/c13-9-3-8(5-17-6-9)4-12(18-15)10-1-2-16-7-11(10)14/h1-3,5-7,12,18H,4,15H2. The van der Waals surface area contributed by atoms with Gasteiger partial charge in [0.2, 0.25) is 0 Å². The largest absolute Gasteiger partial charge is 0.271 e. The second-order valence-electron chi connectivity index (χ2n) is 3.83. The minimum atomic E-state index is -0.372. The molecular weight excluding hydrogens is 299 g/mol. The molecule has 94 valence electrons. The van der Waals surface area contributed by atoms with Crippen LogP contribution in [0.5, 0.6) is 0 Å². The van der Waals surface area contributed by atoms with Crippen LogP contribution < -0.4 is 11.3 Å². The minimum Gasteiger partial charge on any atom is -0.271 e. The SMILES string of the molecule is NNC(Cc1cncc(Br)c1)c1ccncc1F. The van der Waals surface area contributed by atoms with E-state index in [4.69, 9.17) is 5.84 Å². The summed E-state index contributed by atoms with van der Waals surface area (Å²) in [6.45, 7) is 0. The average Bonchev–Trinajstić information content (AvgIpc) is 2.37. The molecule has 0 aliphatic heterocycles. The zero-order valence-corrected chi connectivity index (χ0v) is 11.1. The molecule has 4 nitrogen and oxygen atoms in total. The second-order valence-corrected chi connectivity index (χ2v) is 4.75. The van der Waals surface area contributed by atoms with Crippen molar-refractivity contribution in [3.05, 3.63) is 58.3 Å². The normalized spacial score (nSPS) is 12.4. The van der Waals surface area contributed by atoms with E-state index in [1.54, 1.807) is 24.7 Å². The van der Waals surface area contributed by atoms with E-state index in [1.165, 1.54) is 6.20 Å². The fourth-order valence-corrected chi connectivity index (χ4v) is 2.14. The highest BCUT2D eigenvalue weighted by molar-refractivity contribution is 9.10. The van der Waals surface area contributed by atoms with Gasteiger partial charge in [-0.15, -0.1) is 0 Å². The van der Waals surface area contributed by atoms with E-state index in [2.05, 4.69) is 31.3 Å². The summed E-state index contributed by atoms with van der Waals surface area (Å²) in [5, 5.41) is 0. The summed E-state index contributed by atoms with van der Waals surface area (Å²) in [5.74, 6) is 5.12. The first kappa shape index (κ1) is 13.1. The van der Waals surface area contributed by atoms with Crippen molar-refractivity contribution in [2.45, 2.75) is 12.5 Å². The van der Waals surface area contributed by atoms with Crippen molar-refractivity contribution in [2.75, 3.05) is 0 Å². The summed E-state index contributed by atoms with van der Waals surface area (Å²) < 4.78 is 14.5. The van der Waals surface area contributed by atoms with Crippen molar-refractivity contribution in [1.82, 2.24) is 15.4 Å². The van der Waals surface area contributed by atoms with Crippen LogP contribution in [0.3, 0.4) is 0 Å². The van der Waals surface area contributed by atoms with Gasteiger partial charge in [0.05, 0.1) is 12.2 Å². The summed E-state index contributed by atoms with van der Waals surface area (Å²) in [6, 6.07) is 3.23. The summed E-state index contributed by atoms with van der Waals surface area (Å²) in [6.07, 6.45) is 6.69. The van der Waals surface area contributed by atoms with E-state index in [9.17, 15) is 4.39 Å². The lowest BCUT2D eigenvalue weighted by molar-refractivity contribution is 0.507. The zero-order valence-electron chi connectivity index (χ0n) is 9.48. The monoisotopic (exact) mass is 310 g/mol. The third kappa shape index (κ3) is 3.10. The molecule has 2 aromatic heterocycles. The van der Waals surface area contributed by atoms with Gasteiger partial charge in [-0.3, -0.25) is 21.2 Å². The molecule has 0 saturated carbocycles. The first-order valence-electron chi connectivity index (χ1n) is 5.35. The van der Waals surface area contributed by atoms with Crippen LogP contribution in [0.1, 0.15) is 17.2 Å². The van der Waals surface area contributed by atoms with Crippen LogP contribution in [-0.4, -0.2) is 9.97 Å². The lowest BCUT2D eigenvalue weighted by Gasteiger charge is -2.16. The van der Waals surface area contributed by atoms with E-state index in [0.29, 0.717) is 12.0 Å². The summed E-state index contributed by atoms with van der Waals surface area (Å²) >= 11 is 3.35. The molecule has 0 saturated heterocycles. The summed E-state index contributed by atoms with van der Waals surface area (Å²) in [5.41, 5.74) is 4.07. The van der Waals surface area contributed by atoms with E-state index >= 15 is 0 Å². The number of hydrogen-bond donors (Lipinski definition) is 2. The van der Waals surface area contributed by atoms with Crippen LogP contribution in [0.25, 0.3) is 0 Å². The molecular formula is C12H12BrFN4. The highest BCUT2D eigenvalue weighted by atomic mass is 79.9. The Morgan fingerprint density at radius 3 is 2.83 bits per heavy atom. The molecule has 0 aliphatic rings. The van der Waals surface area contributed by atoms with Crippen molar-refractivity contribution in [3.8, 4) is 0 Å². The molecule has 0 aromatic carbocycles. The Morgan fingerprint density at radius 1 is 1.33 bits per heavy atom. The quantitative estimate of drug-likeness (QED) is 0.671. The van der Waals surface area contributed by atoms with Crippen molar-refractivity contribution in [1.29, 1.82) is 0 Å². The zero-order chi connectivity index (χ0) is 13.0. The lowest BCUT2D eigenvalue weighted by Crippen LogP contribution is -2.30. The highest BCUT2D eigenvalue weighted by Gasteiger charge is 2.15. The number of hydrazine groups is 1. The first-order valence-corrected chi connectivity index (χ1v) is 6.15. The van der Waals surface area contributed by atoms with Crippen LogP contribution in [0.4, 0.5) is 4.39 Å².